The van der Waals surface area contributed by atoms with Gasteiger partial charge in [-0.3, -0.25) is 35.1 Å². The second kappa shape index (κ2) is 10.8. The van der Waals surface area contributed by atoms with Crippen molar-refractivity contribution in [2.45, 2.75) is 19.0 Å². The highest BCUT2D eigenvalue weighted by Gasteiger charge is 2.18. The molecular formula is C25H22N6O4S. The summed E-state index contributed by atoms with van der Waals surface area (Å²) in [5.41, 5.74) is 8.66. The number of hydrazine groups is 1. The van der Waals surface area contributed by atoms with Crippen molar-refractivity contribution in [1.82, 2.24) is 25.6 Å². The zero-order valence-electron chi connectivity index (χ0n) is 19.5. The number of rotatable bonds is 7. The third kappa shape index (κ3) is 5.76. The minimum Gasteiger partial charge on any atom is -0.272 e. The first-order valence-corrected chi connectivity index (χ1v) is 11.9. The zero-order chi connectivity index (χ0) is 25.7. The van der Waals surface area contributed by atoms with E-state index in [1.165, 1.54) is 36.0 Å². The Morgan fingerprint density at radius 3 is 2.33 bits per heavy atom. The smallest absolute Gasteiger partial charge is 0.269 e. The molecule has 2 amide bonds. The minimum absolute atomic E-state index is 0.0294. The minimum atomic E-state index is -0.590. The van der Waals surface area contributed by atoms with Crippen molar-refractivity contribution in [1.29, 1.82) is 0 Å². The number of nitrogens with zero attached hydrogens (tertiary/aromatic N) is 4. The summed E-state index contributed by atoms with van der Waals surface area (Å²) in [5.74, 6) is -0.422. The molecule has 0 aliphatic rings. The lowest BCUT2D eigenvalue weighted by molar-refractivity contribution is -0.384. The third-order valence-corrected chi connectivity index (χ3v) is 6.12. The molecule has 182 valence electrons. The largest absolute Gasteiger partial charge is 0.272 e. The zero-order valence-corrected chi connectivity index (χ0v) is 20.3. The van der Waals surface area contributed by atoms with E-state index in [4.69, 9.17) is 0 Å². The molecule has 0 spiro atoms. The summed E-state index contributed by atoms with van der Waals surface area (Å²) in [6.07, 6.45) is 0. The number of carbonyl (C=O) groups excluding carboxylic acids is 2. The Morgan fingerprint density at radius 2 is 1.67 bits per heavy atom. The van der Waals surface area contributed by atoms with Gasteiger partial charge in [-0.25, -0.2) is 0 Å². The fourth-order valence-electron chi connectivity index (χ4n) is 3.36. The lowest BCUT2D eigenvalue weighted by Crippen LogP contribution is -2.42. The summed E-state index contributed by atoms with van der Waals surface area (Å²) < 4.78 is 1.89. The van der Waals surface area contributed by atoms with Gasteiger partial charge in [-0.15, -0.1) is 10.2 Å². The maximum Gasteiger partial charge on any atom is 0.269 e. The van der Waals surface area contributed by atoms with Gasteiger partial charge in [-0.05, 0) is 44.2 Å². The van der Waals surface area contributed by atoms with E-state index in [1.807, 2.05) is 66.9 Å². The van der Waals surface area contributed by atoms with E-state index < -0.39 is 16.7 Å². The van der Waals surface area contributed by atoms with E-state index in [2.05, 4.69) is 21.0 Å². The molecular weight excluding hydrogens is 480 g/mol. The first-order valence-electron chi connectivity index (χ1n) is 10.9. The molecule has 0 aliphatic heterocycles. The average Bonchev–Trinajstić information content (AvgIpc) is 3.30. The number of nitrogens with one attached hydrogen (secondary N) is 2. The molecule has 4 rings (SSSR count). The van der Waals surface area contributed by atoms with Crippen molar-refractivity contribution in [3.05, 3.63) is 99.6 Å². The summed E-state index contributed by atoms with van der Waals surface area (Å²) in [6.45, 7) is 4.00. The van der Waals surface area contributed by atoms with Gasteiger partial charge in [-0.2, -0.15) is 0 Å². The van der Waals surface area contributed by atoms with Gasteiger partial charge in [0.1, 0.15) is 0 Å². The molecule has 0 radical (unpaired) electrons. The van der Waals surface area contributed by atoms with Crippen molar-refractivity contribution in [2.24, 2.45) is 0 Å². The van der Waals surface area contributed by atoms with Crippen LogP contribution in [0.15, 0.2) is 78.0 Å². The number of nitro benzene ring substituents is 1. The van der Waals surface area contributed by atoms with Gasteiger partial charge < -0.3 is 0 Å². The van der Waals surface area contributed by atoms with Crippen LogP contribution in [0.4, 0.5) is 5.69 Å². The predicted octanol–water partition coefficient (Wildman–Crippen LogP) is 4.01. The number of non-ortho nitro benzene ring substituents is 1. The number of aromatic nitrogens is 3. The average molecular weight is 503 g/mol. The van der Waals surface area contributed by atoms with Gasteiger partial charge >= 0.3 is 0 Å². The van der Waals surface area contributed by atoms with E-state index in [-0.39, 0.29) is 17.0 Å². The Bertz CT molecular complexity index is 1420. The first-order chi connectivity index (χ1) is 17.3. The van der Waals surface area contributed by atoms with Gasteiger partial charge in [0, 0.05) is 28.9 Å². The van der Waals surface area contributed by atoms with Gasteiger partial charge in [0.15, 0.2) is 11.0 Å². The number of aryl methyl sites for hydroxylation is 2. The van der Waals surface area contributed by atoms with Gasteiger partial charge in [0.25, 0.3) is 11.6 Å². The highest BCUT2D eigenvalue weighted by atomic mass is 32.2. The fraction of sp³-hybridized carbons (Fsp3) is 0.120. The molecule has 1 heterocycles. The molecule has 0 saturated heterocycles. The van der Waals surface area contributed by atoms with Gasteiger partial charge in [0.05, 0.1) is 10.7 Å². The number of nitro groups is 1. The van der Waals surface area contributed by atoms with E-state index in [0.29, 0.717) is 11.0 Å². The van der Waals surface area contributed by atoms with Crippen LogP contribution in [0.25, 0.3) is 17.1 Å². The Labute approximate surface area is 210 Å². The van der Waals surface area contributed by atoms with Crippen molar-refractivity contribution >= 4 is 29.3 Å². The summed E-state index contributed by atoms with van der Waals surface area (Å²) in [6, 6.07) is 20.9. The summed E-state index contributed by atoms with van der Waals surface area (Å²) in [5, 5.41) is 20.0. The number of hydrogen-bond acceptors (Lipinski definition) is 7. The van der Waals surface area contributed by atoms with Crippen LogP contribution in [0.3, 0.4) is 0 Å². The second-order valence-electron chi connectivity index (χ2n) is 7.94. The predicted molar refractivity (Wildman–Crippen MR) is 136 cm³/mol. The lowest BCUT2D eigenvalue weighted by atomic mass is 10.1. The monoisotopic (exact) mass is 502 g/mol. The number of thioether (sulfide) groups is 1. The number of carbonyl (C=O) groups is 2. The van der Waals surface area contributed by atoms with Crippen LogP contribution < -0.4 is 10.9 Å². The van der Waals surface area contributed by atoms with Crippen LogP contribution >= 0.6 is 11.8 Å². The Balaban J connectivity index is 1.46. The molecule has 11 heteroatoms. The maximum atomic E-state index is 12.4. The van der Waals surface area contributed by atoms with Gasteiger partial charge in [0.2, 0.25) is 5.91 Å². The van der Waals surface area contributed by atoms with Crippen LogP contribution in [0.5, 0.6) is 0 Å². The maximum absolute atomic E-state index is 12.4. The number of amides is 2. The van der Waals surface area contributed by atoms with Crippen LogP contribution in [0.2, 0.25) is 0 Å². The first kappa shape index (κ1) is 24.6. The topological polar surface area (TPSA) is 132 Å². The van der Waals surface area contributed by atoms with Crippen molar-refractivity contribution < 1.29 is 14.5 Å². The van der Waals surface area contributed by atoms with Gasteiger partial charge in [-0.1, -0.05) is 53.2 Å². The molecule has 0 atom stereocenters. The molecule has 4 aromatic rings. The molecule has 0 saturated carbocycles. The van der Waals surface area contributed by atoms with Crippen LogP contribution in [0.1, 0.15) is 21.5 Å². The Kier molecular flexibility index (Phi) is 7.40. The second-order valence-corrected chi connectivity index (χ2v) is 8.88. The van der Waals surface area contributed by atoms with E-state index in [0.717, 1.165) is 22.4 Å². The molecule has 2 N–H and O–H groups in total. The standard InChI is InChI=1S/C25H22N6O4S/c1-16-6-10-20(11-7-16)30-23(19-5-3-4-17(2)14-19)27-29-25(30)36-15-22(32)26-28-24(33)18-8-12-21(13-9-18)31(34)35/h3-14H,15H2,1-2H3,(H,26,32)(H,28,33). The Morgan fingerprint density at radius 1 is 0.944 bits per heavy atom. The molecule has 36 heavy (non-hydrogen) atoms. The number of benzene rings is 3. The number of hydrogen-bond donors (Lipinski definition) is 2. The van der Waals surface area contributed by atoms with E-state index in [1.54, 1.807) is 0 Å². The van der Waals surface area contributed by atoms with Crippen LogP contribution in [-0.2, 0) is 4.79 Å². The fourth-order valence-corrected chi connectivity index (χ4v) is 4.11. The molecule has 0 bridgehead atoms. The molecule has 10 nitrogen and oxygen atoms in total. The van der Waals surface area contributed by atoms with Crippen LogP contribution in [-0.4, -0.2) is 37.3 Å². The lowest BCUT2D eigenvalue weighted by Gasteiger charge is -2.11. The Hall–Kier alpha value is -4.51. The van der Waals surface area contributed by atoms with Crippen molar-refractivity contribution in [2.75, 3.05) is 5.75 Å². The van der Waals surface area contributed by atoms with Crippen molar-refractivity contribution in [3.8, 4) is 17.1 Å². The summed E-state index contributed by atoms with van der Waals surface area (Å²) in [4.78, 5) is 34.8. The van der Waals surface area contributed by atoms with E-state index in [9.17, 15) is 19.7 Å². The molecule has 0 fully saturated rings. The highest BCUT2D eigenvalue weighted by Crippen LogP contribution is 2.28. The van der Waals surface area contributed by atoms with Crippen LogP contribution in [0, 0.1) is 24.0 Å². The molecule has 0 aliphatic carbocycles. The summed E-state index contributed by atoms with van der Waals surface area (Å²) >= 11 is 1.18. The molecule has 1 aromatic heterocycles. The molecule has 0 unspecified atom stereocenters. The quantitative estimate of drug-likeness (QED) is 0.222. The molecule has 3 aromatic carbocycles. The SMILES string of the molecule is Cc1ccc(-n2c(SCC(=O)NNC(=O)c3ccc([N+](=O)[O-])cc3)nnc2-c2cccc(C)c2)cc1. The third-order valence-electron chi connectivity index (χ3n) is 5.19. The highest BCUT2D eigenvalue weighted by molar-refractivity contribution is 7.99. The normalized spacial score (nSPS) is 10.6. The van der Waals surface area contributed by atoms with E-state index >= 15 is 0 Å². The van der Waals surface area contributed by atoms with Crippen molar-refractivity contribution in [3.63, 3.8) is 0 Å². The summed E-state index contributed by atoms with van der Waals surface area (Å²) in [7, 11) is 0.